The summed E-state index contributed by atoms with van der Waals surface area (Å²) in [5.74, 6) is 0. The van der Waals surface area contributed by atoms with Crippen LogP contribution in [0.25, 0.3) is 0 Å². The van der Waals surface area contributed by atoms with Gasteiger partial charge in [-0.15, -0.1) is 0 Å². The molecule has 0 saturated carbocycles. The first-order valence-electron chi connectivity index (χ1n) is 7.94. The lowest BCUT2D eigenvalue weighted by Crippen LogP contribution is -2.56. The van der Waals surface area contributed by atoms with Gasteiger partial charge in [-0.05, 0) is 26.3 Å². The van der Waals surface area contributed by atoms with Gasteiger partial charge >= 0.3 is 0 Å². The average Bonchev–Trinajstić information content (AvgIpc) is 2.48. The Balaban J connectivity index is 1.98. The van der Waals surface area contributed by atoms with Crippen molar-refractivity contribution in [3.8, 4) is 0 Å². The van der Waals surface area contributed by atoms with E-state index >= 15 is 0 Å². The Morgan fingerprint density at radius 2 is 2.30 bits per heavy atom. The third-order valence-corrected chi connectivity index (χ3v) is 4.53. The number of aliphatic hydroxyl groups excluding tert-OH is 1. The van der Waals surface area contributed by atoms with Gasteiger partial charge in [-0.25, -0.2) is 0 Å². The van der Waals surface area contributed by atoms with Crippen molar-refractivity contribution in [3.05, 3.63) is 0 Å². The quantitative estimate of drug-likeness (QED) is 0.743. The summed E-state index contributed by atoms with van der Waals surface area (Å²) >= 11 is 0. The fourth-order valence-electron chi connectivity index (χ4n) is 3.26. The van der Waals surface area contributed by atoms with E-state index in [0.717, 1.165) is 45.8 Å². The lowest BCUT2D eigenvalue weighted by atomic mass is 9.81. The second-order valence-corrected chi connectivity index (χ2v) is 6.35. The Kier molecular flexibility index (Phi) is 6.23. The highest BCUT2D eigenvalue weighted by molar-refractivity contribution is 4.90. The van der Waals surface area contributed by atoms with E-state index < -0.39 is 0 Å². The Morgan fingerprint density at radius 1 is 1.45 bits per heavy atom. The summed E-state index contributed by atoms with van der Waals surface area (Å²) in [6.45, 7) is 10.8. The van der Waals surface area contributed by atoms with Crippen molar-refractivity contribution in [2.75, 3.05) is 52.6 Å². The number of nitrogens with one attached hydrogen (secondary N) is 1. The molecule has 20 heavy (non-hydrogen) atoms. The number of hydrogen-bond acceptors (Lipinski definition) is 5. The summed E-state index contributed by atoms with van der Waals surface area (Å²) in [5.41, 5.74) is 0.208. The predicted molar refractivity (Wildman–Crippen MR) is 78.9 cm³/mol. The van der Waals surface area contributed by atoms with Crippen LogP contribution >= 0.6 is 0 Å². The van der Waals surface area contributed by atoms with Crippen molar-refractivity contribution in [3.63, 3.8) is 0 Å². The van der Waals surface area contributed by atoms with Crippen LogP contribution in [-0.2, 0) is 9.47 Å². The second kappa shape index (κ2) is 7.71. The third-order valence-electron chi connectivity index (χ3n) is 4.53. The molecule has 5 heteroatoms. The lowest BCUT2D eigenvalue weighted by molar-refractivity contribution is -0.102. The molecular formula is C15H30N2O3. The second-order valence-electron chi connectivity index (χ2n) is 6.35. The van der Waals surface area contributed by atoms with Crippen LogP contribution in [-0.4, -0.2) is 74.8 Å². The monoisotopic (exact) mass is 286 g/mol. The molecule has 0 radical (unpaired) electrons. The van der Waals surface area contributed by atoms with E-state index in [-0.39, 0.29) is 18.1 Å². The number of hydrogen-bond donors (Lipinski definition) is 2. The molecule has 2 rings (SSSR count). The van der Waals surface area contributed by atoms with Gasteiger partial charge in [0.05, 0.1) is 25.9 Å². The molecule has 0 amide bonds. The summed E-state index contributed by atoms with van der Waals surface area (Å²) in [4.78, 5) is 2.47. The molecule has 118 valence electrons. The van der Waals surface area contributed by atoms with Gasteiger partial charge in [0.2, 0.25) is 0 Å². The molecule has 0 bridgehead atoms. The van der Waals surface area contributed by atoms with Crippen LogP contribution in [0, 0.1) is 5.41 Å². The third kappa shape index (κ3) is 4.15. The molecule has 2 fully saturated rings. The van der Waals surface area contributed by atoms with Crippen molar-refractivity contribution >= 4 is 0 Å². The number of aliphatic hydroxyl groups is 1. The summed E-state index contributed by atoms with van der Waals surface area (Å²) in [7, 11) is 0. The minimum Gasteiger partial charge on any atom is -0.394 e. The van der Waals surface area contributed by atoms with Gasteiger partial charge in [-0.1, -0.05) is 6.92 Å². The van der Waals surface area contributed by atoms with Crippen molar-refractivity contribution < 1.29 is 14.6 Å². The van der Waals surface area contributed by atoms with Crippen LogP contribution in [0.15, 0.2) is 0 Å². The average molecular weight is 286 g/mol. The van der Waals surface area contributed by atoms with Crippen LogP contribution in [0.5, 0.6) is 0 Å². The van der Waals surface area contributed by atoms with Crippen LogP contribution in [0.2, 0.25) is 0 Å². The Labute approximate surface area is 122 Å². The smallest absolute Gasteiger partial charge is 0.0933 e. The van der Waals surface area contributed by atoms with E-state index in [2.05, 4.69) is 24.1 Å². The van der Waals surface area contributed by atoms with Gasteiger partial charge in [-0.2, -0.15) is 0 Å². The van der Waals surface area contributed by atoms with Crippen molar-refractivity contribution in [2.24, 2.45) is 5.41 Å². The molecule has 5 nitrogen and oxygen atoms in total. The van der Waals surface area contributed by atoms with E-state index in [1.54, 1.807) is 0 Å². The molecule has 0 spiro atoms. The Bertz CT molecular complexity index is 282. The highest BCUT2D eigenvalue weighted by Crippen LogP contribution is 2.30. The standard InChI is InChI=1S/C15H30N2O3/c1-3-16-10-15(5-4-6-19-12-15)11-17-7-14(8-18)20-9-13(17)2/h13-14,16,18H,3-12H2,1-2H3. The van der Waals surface area contributed by atoms with Crippen LogP contribution in [0.1, 0.15) is 26.7 Å². The first-order chi connectivity index (χ1) is 9.69. The van der Waals surface area contributed by atoms with E-state index in [4.69, 9.17) is 9.47 Å². The SMILES string of the molecule is CCNCC1(CN2CC(CO)OCC2C)CCCOC1. The molecule has 0 aliphatic carbocycles. The van der Waals surface area contributed by atoms with Gasteiger partial charge in [0.15, 0.2) is 0 Å². The molecule has 2 saturated heterocycles. The number of rotatable bonds is 6. The topological polar surface area (TPSA) is 54.0 Å². The predicted octanol–water partition coefficient (Wildman–Crippen LogP) is 0.474. The van der Waals surface area contributed by atoms with Gasteiger partial charge in [0.1, 0.15) is 0 Å². The fraction of sp³-hybridized carbons (Fsp3) is 1.00. The highest BCUT2D eigenvalue weighted by Gasteiger charge is 2.37. The van der Waals surface area contributed by atoms with Crippen molar-refractivity contribution in [2.45, 2.75) is 38.8 Å². The summed E-state index contributed by atoms with van der Waals surface area (Å²) < 4.78 is 11.4. The minimum absolute atomic E-state index is 0.0353. The number of morpholine rings is 1. The molecule has 3 unspecified atom stereocenters. The molecule has 2 N–H and O–H groups in total. The van der Waals surface area contributed by atoms with Crippen molar-refractivity contribution in [1.29, 1.82) is 0 Å². The van der Waals surface area contributed by atoms with Crippen LogP contribution < -0.4 is 5.32 Å². The zero-order valence-corrected chi connectivity index (χ0v) is 12.9. The van der Waals surface area contributed by atoms with Gasteiger partial charge in [-0.3, -0.25) is 4.90 Å². The Morgan fingerprint density at radius 3 is 2.95 bits per heavy atom. The zero-order valence-electron chi connectivity index (χ0n) is 12.9. The van der Waals surface area contributed by atoms with Gasteiger partial charge in [0.25, 0.3) is 0 Å². The Hall–Kier alpha value is -0.200. The molecule has 0 aromatic rings. The maximum Gasteiger partial charge on any atom is 0.0933 e. The normalized spacial score (nSPS) is 36.1. The van der Waals surface area contributed by atoms with Gasteiger partial charge in [0, 0.05) is 37.7 Å². The molecule has 3 atom stereocenters. The van der Waals surface area contributed by atoms with Crippen LogP contribution in [0.3, 0.4) is 0 Å². The number of nitrogens with zero attached hydrogens (tertiary/aromatic N) is 1. The van der Waals surface area contributed by atoms with Crippen LogP contribution in [0.4, 0.5) is 0 Å². The number of ether oxygens (including phenoxy) is 2. The molecule has 2 aliphatic heterocycles. The summed E-state index contributed by atoms with van der Waals surface area (Å²) in [6, 6.07) is 0.415. The fourth-order valence-corrected chi connectivity index (χ4v) is 3.26. The first kappa shape index (κ1) is 16.2. The van der Waals surface area contributed by atoms with E-state index in [9.17, 15) is 5.11 Å². The maximum absolute atomic E-state index is 9.32. The maximum atomic E-state index is 9.32. The van der Waals surface area contributed by atoms with E-state index in [1.165, 1.54) is 6.42 Å². The highest BCUT2D eigenvalue weighted by atomic mass is 16.5. The summed E-state index contributed by atoms with van der Waals surface area (Å²) in [6.07, 6.45) is 2.33. The largest absolute Gasteiger partial charge is 0.394 e. The van der Waals surface area contributed by atoms with Crippen molar-refractivity contribution in [1.82, 2.24) is 10.2 Å². The first-order valence-corrected chi connectivity index (χ1v) is 7.94. The summed E-state index contributed by atoms with van der Waals surface area (Å²) in [5, 5.41) is 12.8. The van der Waals surface area contributed by atoms with E-state index in [0.29, 0.717) is 12.6 Å². The molecular weight excluding hydrogens is 256 g/mol. The van der Waals surface area contributed by atoms with E-state index in [1.807, 2.05) is 0 Å². The molecule has 0 aromatic carbocycles. The molecule has 2 heterocycles. The lowest BCUT2D eigenvalue weighted by Gasteiger charge is -2.45. The molecule has 2 aliphatic rings. The van der Waals surface area contributed by atoms with Gasteiger partial charge < -0.3 is 19.9 Å². The zero-order chi connectivity index (χ0) is 14.4. The minimum atomic E-state index is -0.0353. The molecule has 0 aromatic heterocycles.